The van der Waals surface area contributed by atoms with E-state index in [4.69, 9.17) is 5.26 Å². The summed E-state index contributed by atoms with van der Waals surface area (Å²) in [6.07, 6.45) is 4.99. The molecule has 1 aliphatic rings. The van der Waals surface area contributed by atoms with Gasteiger partial charge in [0, 0.05) is 12.4 Å². The molecular weight excluding hydrogens is 284 g/mol. The number of nitriles is 1. The fraction of sp³-hybridized carbons (Fsp3) is 0.286. The zero-order valence-corrected chi connectivity index (χ0v) is 11.7. The number of β-amino-alcohol motifs (C(OH)–C–C–N with tert-alkyl or cyclic N) is 1. The summed E-state index contributed by atoms with van der Waals surface area (Å²) >= 11 is 0. The van der Waals surface area contributed by atoms with Gasteiger partial charge in [-0.05, 0) is 18.2 Å². The second-order valence-corrected chi connectivity index (χ2v) is 5.20. The third-order valence-electron chi connectivity index (χ3n) is 3.40. The molecular formula is C14H14N6O2. The highest BCUT2D eigenvalue weighted by Gasteiger charge is 2.43. The lowest BCUT2D eigenvalue weighted by molar-refractivity contribution is -0.0693. The van der Waals surface area contributed by atoms with Crippen LogP contribution in [-0.2, 0) is 0 Å². The van der Waals surface area contributed by atoms with Gasteiger partial charge in [-0.25, -0.2) is 14.5 Å². The van der Waals surface area contributed by atoms with E-state index in [9.17, 15) is 9.90 Å². The maximum absolute atomic E-state index is 12.0. The van der Waals surface area contributed by atoms with E-state index in [1.807, 2.05) is 6.07 Å². The third kappa shape index (κ3) is 2.75. The van der Waals surface area contributed by atoms with Crippen LogP contribution in [-0.4, -0.2) is 49.5 Å². The summed E-state index contributed by atoms with van der Waals surface area (Å²) in [7, 11) is 0. The zero-order valence-electron chi connectivity index (χ0n) is 11.7. The number of hydrogen-bond acceptors (Lipinski definition) is 5. The first-order valence-corrected chi connectivity index (χ1v) is 6.71. The number of nitrogens with zero attached hydrogens (tertiary/aromatic N) is 5. The number of amides is 2. The molecule has 0 unspecified atom stereocenters. The van der Waals surface area contributed by atoms with E-state index in [2.05, 4.69) is 15.4 Å². The molecule has 2 aromatic rings. The number of rotatable bonds is 3. The molecule has 2 aromatic heterocycles. The molecule has 2 amide bonds. The molecule has 0 radical (unpaired) electrons. The minimum atomic E-state index is -1.08. The zero-order chi connectivity index (χ0) is 15.6. The number of anilines is 1. The van der Waals surface area contributed by atoms with E-state index in [1.165, 1.54) is 11.1 Å². The van der Waals surface area contributed by atoms with Crippen LogP contribution >= 0.6 is 0 Å². The third-order valence-corrected chi connectivity index (χ3v) is 3.40. The highest BCUT2D eigenvalue weighted by Crippen LogP contribution is 2.24. The van der Waals surface area contributed by atoms with Crippen molar-refractivity contribution in [1.82, 2.24) is 19.7 Å². The molecule has 3 rings (SSSR count). The van der Waals surface area contributed by atoms with Crippen molar-refractivity contribution in [3.05, 3.63) is 36.8 Å². The summed E-state index contributed by atoms with van der Waals surface area (Å²) in [4.78, 5) is 17.6. The van der Waals surface area contributed by atoms with Crippen LogP contribution in [0.1, 0.15) is 6.42 Å². The largest absolute Gasteiger partial charge is 0.385 e. The van der Waals surface area contributed by atoms with E-state index in [0.29, 0.717) is 11.5 Å². The predicted octanol–water partition coefficient (Wildman–Crippen LogP) is 0.760. The fourth-order valence-electron chi connectivity index (χ4n) is 2.27. The Hall–Kier alpha value is -2.92. The van der Waals surface area contributed by atoms with E-state index >= 15 is 0 Å². The van der Waals surface area contributed by atoms with Gasteiger partial charge in [-0.2, -0.15) is 10.4 Å². The Bertz CT molecular complexity index is 698. The van der Waals surface area contributed by atoms with Crippen LogP contribution in [0.3, 0.4) is 0 Å². The molecule has 0 saturated carbocycles. The van der Waals surface area contributed by atoms with E-state index in [1.54, 1.807) is 35.3 Å². The highest BCUT2D eigenvalue weighted by molar-refractivity contribution is 5.89. The van der Waals surface area contributed by atoms with Crippen LogP contribution in [0.25, 0.3) is 5.82 Å². The minimum Gasteiger partial charge on any atom is -0.385 e. The summed E-state index contributed by atoms with van der Waals surface area (Å²) in [6, 6.07) is 6.85. The summed E-state index contributed by atoms with van der Waals surface area (Å²) < 4.78 is 1.61. The maximum atomic E-state index is 12.0. The van der Waals surface area contributed by atoms with Crippen molar-refractivity contribution in [2.75, 3.05) is 18.4 Å². The molecule has 0 bridgehead atoms. The number of carbonyl (C=O) groups is 1. The smallest absolute Gasteiger partial charge is 0.322 e. The van der Waals surface area contributed by atoms with Gasteiger partial charge in [-0.15, -0.1) is 0 Å². The molecule has 1 saturated heterocycles. The number of urea groups is 1. The number of carbonyl (C=O) groups excluding carboxylic acids is 1. The van der Waals surface area contributed by atoms with Crippen molar-refractivity contribution < 1.29 is 9.90 Å². The SMILES string of the molecule is N#CCC1(O)CN(C(=O)Nc2ccc(-n3cccn3)nc2)C1. The Morgan fingerprint density at radius 2 is 2.32 bits per heavy atom. The Labute approximate surface area is 126 Å². The summed E-state index contributed by atoms with van der Waals surface area (Å²) in [5.41, 5.74) is -0.523. The molecule has 1 aliphatic heterocycles. The van der Waals surface area contributed by atoms with Crippen LogP contribution < -0.4 is 5.32 Å². The Morgan fingerprint density at radius 3 is 2.91 bits per heavy atom. The monoisotopic (exact) mass is 298 g/mol. The van der Waals surface area contributed by atoms with Crippen molar-refractivity contribution in [2.45, 2.75) is 12.0 Å². The normalized spacial score (nSPS) is 15.7. The topological polar surface area (TPSA) is 107 Å². The van der Waals surface area contributed by atoms with E-state index < -0.39 is 5.60 Å². The number of aromatic nitrogens is 3. The second-order valence-electron chi connectivity index (χ2n) is 5.20. The molecule has 0 aliphatic carbocycles. The van der Waals surface area contributed by atoms with Gasteiger partial charge in [0.1, 0.15) is 5.60 Å². The molecule has 0 aromatic carbocycles. The van der Waals surface area contributed by atoms with E-state index in [0.717, 1.165) is 0 Å². The maximum Gasteiger partial charge on any atom is 0.322 e. The van der Waals surface area contributed by atoms with Gasteiger partial charge in [0.05, 0.1) is 37.5 Å². The van der Waals surface area contributed by atoms with Crippen molar-refractivity contribution in [1.29, 1.82) is 5.26 Å². The Balaban J connectivity index is 1.58. The number of pyridine rings is 1. The first-order chi connectivity index (χ1) is 10.6. The minimum absolute atomic E-state index is 0.0247. The number of nitrogens with one attached hydrogen (secondary N) is 1. The highest BCUT2D eigenvalue weighted by atomic mass is 16.3. The standard InChI is InChI=1S/C14H14N6O2/c15-5-4-14(22)9-19(10-14)13(21)18-11-2-3-12(16-8-11)20-7-1-6-17-20/h1-3,6-8,22H,4,9-10H2,(H,18,21). The van der Waals surface area contributed by atoms with E-state index in [-0.39, 0.29) is 25.5 Å². The molecule has 8 nitrogen and oxygen atoms in total. The van der Waals surface area contributed by atoms with Gasteiger partial charge in [0.2, 0.25) is 0 Å². The van der Waals surface area contributed by atoms with Gasteiger partial charge in [0.25, 0.3) is 0 Å². The van der Waals surface area contributed by atoms with Crippen molar-refractivity contribution in [3.63, 3.8) is 0 Å². The molecule has 0 atom stereocenters. The van der Waals surface area contributed by atoms with Gasteiger partial charge >= 0.3 is 6.03 Å². The Kier molecular flexibility index (Phi) is 3.48. The summed E-state index contributed by atoms with van der Waals surface area (Å²) in [5, 5.41) is 25.2. The van der Waals surface area contributed by atoms with Gasteiger partial charge in [-0.3, -0.25) is 0 Å². The molecule has 8 heteroatoms. The van der Waals surface area contributed by atoms with Crippen molar-refractivity contribution in [3.8, 4) is 11.9 Å². The van der Waals surface area contributed by atoms with Crippen LogP contribution in [0.2, 0.25) is 0 Å². The summed E-state index contributed by atoms with van der Waals surface area (Å²) in [6.45, 7) is 0.316. The van der Waals surface area contributed by atoms with Gasteiger partial charge in [0.15, 0.2) is 5.82 Å². The quantitative estimate of drug-likeness (QED) is 0.870. The number of likely N-dealkylation sites (tertiary alicyclic amines) is 1. The predicted molar refractivity (Wildman–Crippen MR) is 77.1 cm³/mol. The second kappa shape index (κ2) is 5.46. The molecule has 22 heavy (non-hydrogen) atoms. The fourth-order valence-corrected chi connectivity index (χ4v) is 2.27. The molecule has 1 fully saturated rings. The van der Waals surface area contributed by atoms with Crippen LogP contribution in [0.5, 0.6) is 0 Å². The first kappa shape index (κ1) is 14.0. The molecule has 3 heterocycles. The molecule has 2 N–H and O–H groups in total. The summed E-state index contributed by atoms with van der Waals surface area (Å²) in [5.74, 6) is 0.648. The average molecular weight is 298 g/mol. The number of hydrogen-bond donors (Lipinski definition) is 2. The molecule has 112 valence electrons. The lowest BCUT2D eigenvalue weighted by atomic mass is 9.91. The van der Waals surface area contributed by atoms with Crippen molar-refractivity contribution >= 4 is 11.7 Å². The number of aliphatic hydroxyl groups is 1. The van der Waals surface area contributed by atoms with Gasteiger partial charge in [-0.1, -0.05) is 0 Å². The van der Waals surface area contributed by atoms with Crippen LogP contribution in [0.15, 0.2) is 36.8 Å². The van der Waals surface area contributed by atoms with Crippen molar-refractivity contribution in [2.24, 2.45) is 0 Å². The first-order valence-electron chi connectivity index (χ1n) is 6.71. The Morgan fingerprint density at radius 1 is 1.50 bits per heavy atom. The van der Waals surface area contributed by atoms with Crippen LogP contribution in [0, 0.1) is 11.3 Å². The average Bonchev–Trinajstić information content (AvgIpc) is 3.00. The van der Waals surface area contributed by atoms with Gasteiger partial charge < -0.3 is 15.3 Å². The molecule has 0 spiro atoms. The lowest BCUT2D eigenvalue weighted by Gasteiger charge is -2.44. The van der Waals surface area contributed by atoms with Crippen LogP contribution in [0.4, 0.5) is 10.5 Å². The lowest BCUT2D eigenvalue weighted by Crippen LogP contribution is -2.64.